The van der Waals surface area contributed by atoms with Crippen LogP contribution >= 0.6 is 0 Å². The predicted octanol–water partition coefficient (Wildman–Crippen LogP) is 4.02. The summed E-state index contributed by atoms with van der Waals surface area (Å²) in [6.07, 6.45) is 3.44. The Morgan fingerprint density at radius 3 is 2.48 bits per heavy atom. The fourth-order valence-corrected chi connectivity index (χ4v) is 2.19. The summed E-state index contributed by atoms with van der Waals surface area (Å²) in [5, 5.41) is 0. The first-order valence-corrected chi connectivity index (χ1v) is 6.66. The molecule has 0 bridgehead atoms. The molecule has 0 aliphatic carbocycles. The molecule has 0 spiro atoms. The molecule has 0 aromatic heterocycles. The average Bonchev–Trinajstić information content (AvgIpc) is 2.68. The van der Waals surface area contributed by atoms with E-state index >= 15 is 0 Å². The second kappa shape index (κ2) is 5.67. The molecule has 1 aliphatic rings. The number of ether oxygens (including phenoxy) is 2. The molecule has 21 heavy (non-hydrogen) atoms. The molecule has 0 saturated carbocycles. The van der Waals surface area contributed by atoms with Crippen LogP contribution in [0.1, 0.15) is 18.1 Å². The highest BCUT2D eigenvalue weighted by Gasteiger charge is 2.17. The Morgan fingerprint density at radius 1 is 1.00 bits per heavy atom. The Labute approximate surface area is 123 Å². The largest absolute Gasteiger partial charge is 0.460 e. The lowest BCUT2D eigenvalue weighted by Crippen LogP contribution is -2.02. The van der Waals surface area contributed by atoms with Crippen molar-refractivity contribution < 1.29 is 14.3 Å². The molecule has 2 aromatic carbocycles. The van der Waals surface area contributed by atoms with Gasteiger partial charge in [-0.05, 0) is 17.7 Å². The van der Waals surface area contributed by atoms with E-state index in [1.54, 1.807) is 0 Å². The highest BCUT2D eigenvalue weighted by molar-refractivity contribution is 5.92. The molecule has 3 rings (SSSR count). The molecule has 0 radical (unpaired) electrons. The number of para-hydroxylation sites is 1. The van der Waals surface area contributed by atoms with E-state index in [1.807, 2.05) is 60.7 Å². The molecular formula is C18H14O3. The van der Waals surface area contributed by atoms with Gasteiger partial charge in [-0.2, -0.15) is 0 Å². The van der Waals surface area contributed by atoms with Gasteiger partial charge in [-0.25, -0.2) is 0 Å². The van der Waals surface area contributed by atoms with Crippen LogP contribution in [0.25, 0.3) is 11.6 Å². The summed E-state index contributed by atoms with van der Waals surface area (Å²) in [5.41, 5.74) is 2.72. The number of hydrogen-bond acceptors (Lipinski definition) is 3. The quantitative estimate of drug-likeness (QED) is 0.778. The molecule has 3 heteroatoms. The molecule has 0 unspecified atom stereocenters. The van der Waals surface area contributed by atoms with Crippen molar-refractivity contribution in [2.75, 3.05) is 0 Å². The van der Waals surface area contributed by atoms with Crippen LogP contribution in [0.4, 0.5) is 0 Å². The summed E-state index contributed by atoms with van der Waals surface area (Å²) in [4.78, 5) is 11.3. The van der Waals surface area contributed by atoms with Crippen LogP contribution in [0.3, 0.4) is 0 Å². The van der Waals surface area contributed by atoms with E-state index in [0.29, 0.717) is 5.76 Å². The van der Waals surface area contributed by atoms with E-state index in [2.05, 4.69) is 0 Å². The highest BCUT2D eigenvalue weighted by atomic mass is 16.6. The van der Waals surface area contributed by atoms with E-state index in [0.717, 1.165) is 22.4 Å². The van der Waals surface area contributed by atoms with Gasteiger partial charge >= 0.3 is 5.97 Å². The van der Waals surface area contributed by atoms with E-state index in [9.17, 15) is 4.79 Å². The Kier molecular flexibility index (Phi) is 3.56. The van der Waals surface area contributed by atoms with Gasteiger partial charge in [0.15, 0.2) is 5.76 Å². The zero-order chi connectivity index (χ0) is 14.7. The maximum Gasteiger partial charge on any atom is 0.308 e. The van der Waals surface area contributed by atoms with Crippen molar-refractivity contribution in [1.29, 1.82) is 0 Å². The van der Waals surface area contributed by atoms with Gasteiger partial charge in [0.2, 0.25) is 0 Å². The van der Waals surface area contributed by atoms with Crippen molar-refractivity contribution in [2.24, 2.45) is 0 Å². The number of rotatable bonds is 2. The lowest BCUT2D eigenvalue weighted by Gasteiger charge is -2.10. The number of fused-ring (bicyclic) bond motifs is 1. The van der Waals surface area contributed by atoms with Gasteiger partial charge in [0.05, 0.1) is 0 Å². The average molecular weight is 278 g/mol. The smallest absolute Gasteiger partial charge is 0.308 e. The highest BCUT2D eigenvalue weighted by Crippen LogP contribution is 2.33. The molecule has 0 fully saturated rings. The first-order chi connectivity index (χ1) is 10.2. The summed E-state index contributed by atoms with van der Waals surface area (Å²) in [7, 11) is 0. The zero-order valence-electron chi connectivity index (χ0n) is 11.6. The number of carbonyl (C=O) groups excluding carboxylic acids is 1. The first kappa shape index (κ1) is 13.2. The Bertz CT molecular complexity index is 727. The number of allylic oxidation sites excluding steroid dienone is 1. The third-order valence-corrected chi connectivity index (χ3v) is 3.12. The third kappa shape index (κ3) is 2.87. The summed E-state index contributed by atoms with van der Waals surface area (Å²) in [6, 6.07) is 17.5. The van der Waals surface area contributed by atoms with Crippen molar-refractivity contribution in [2.45, 2.75) is 6.92 Å². The standard InChI is InChI=1S/C18H14O3/c1-13(19)21-18-12-20-17-10-6-5-9-15(17)11-16(18)14-7-3-2-4-8-14/h2-12H,1H3. The van der Waals surface area contributed by atoms with Crippen LogP contribution in [-0.2, 0) is 9.53 Å². The van der Waals surface area contributed by atoms with Crippen molar-refractivity contribution in [1.82, 2.24) is 0 Å². The number of benzene rings is 2. The van der Waals surface area contributed by atoms with E-state index < -0.39 is 0 Å². The van der Waals surface area contributed by atoms with Crippen LogP contribution in [0.5, 0.6) is 5.75 Å². The molecule has 3 nitrogen and oxygen atoms in total. The van der Waals surface area contributed by atoms with Gasteiger partial charge in [-0.15, -0.1) is 0 Å². The van der Waals surface area contributed by atoms with Crippen LogP contribution in [0.15, 0.2) is 66.6 Å². The molecule has 104 valence electrons. The topological polar surface area (TPSA) is 35.5 Å². The molecule has 1 aliphatic heterocycles. The van der Waals surface area contributed by atoms with Gasteiger partial charge in [0.25, 0.3) is 0 Å². The Hall–Kier alpha value is -2.81. The maximum atomic E-state index is 11.3. The molecule has 0 atom stereocenters. The van der Waals surface area contributed by atoms with Crippen molar-refractivity contribution in [3.63, 3.8) is 0 Å². The van der Waals surface area contributed by atoms with E-state index in [1.165, 1.54) is 13.2 Å². The lowest BCUT2D eigenvalue weighted by molar-refractivity contribution is -0.136. The molecule has 0 N–H and O–H groups in total. The second-order valence-electron chi connectivity index (χ2n) is 4.66. The second-order valence-corrected chi connectivity index (χ2v) is 4.66. The van der Waals surface area contributed by atoms with Crippen molar-refractivity contribution in [3.05, 3.63) is 77.7 Å². The van der Waals surface area contributed by atoms with Gasteiger partial charge in [0, 0.05) is 18.1 Å². The maximum absolute atomic E-state index is 11.3. The molecule has 1 heterocycles. The van der Waals surface area contributed by atoms with Crippen LogP contribution in [0.2, 0.25) is 0 Å². The minimum atomic E-state index is -0.377. The van der Waals surface area contributed by atoms with Crippen molar-refractivity contribution in [3.8, 4) is 5.75 Å². The van der Waals surface area contributed by atoms with Crippen LogP contribution in [0, 0.1) is 0 Å². The number of carbonyl (C=O) groups is 1. The lowest BCUT2D eigenvalue weighted by atomic mass is 10.0. The van der Waals surface area contributed by atoms with E-state index in [4.69, 9.17) is 9.47 Å². The van der Waals surface area contributed by atoms with Gasteiger partial charge < -0.3 is 9.47 Å². The van der Waals surface area contributed by atoms with Crippen molar-refractivity contribution >= 4 is 17.6 Å². The SMILES string of the molecule is CC(=O)OC1=COc2ccccc2C=C1c1ccccc1. The van der Waals surface area contributed by atoms with Gasteiger partial charge in [-0.1, -0.05) is 48.5 Å². The predicted molar refractivity (Wildman–Crippen MR) is 81.2 cm³/mol. The number of hydrogen-bond donors (Lipinski definition) is 0. The monoisotopic (exact) mass is 278 g/mol. The Morgan fingerprint density at radius 2 is 1.71 bits per heavy atom. The normalized spacial score (nSPS) is 13.2. The van der Waals surface area contributed by atoms with E-state index in [-0.39, 0.29) is 5.97 Å². The molecule has 0 amide bonds. The summed E-state index contributed by atoms with van der Waals surface area (Å²) >= 11 is 0. The molecule has 2 aromatic rings. The van der Waals surface area contributed by atoms with Gasteiger partial charge in [-0.3, -0.25) is 4.79 Å². The minimum absolute atomic E-state index is 0.377. The molecule has 0 saturated heterocycles. The first-order valence-electron chi connectivity index (χ1n) is 6.66. The zero-order valence-corrected chi connectivity index (χ0v) is 11.6. The number of esters is 1. The summed E-state index contributed by atoms with van der Waals surface area (Å²) in [5.74, 6) is 0.760. The molecular weight excluding hydrogens is 264 g/mol. The Balaban J connectivity index is 2.13. The summed E-state index contributed by atoms with van der Waals surface area (Å²) < 4.78 is 10.9. The fraction of sp³-hybridized carbons (Fsp3) is 0.0556. The van der Waals surface area contributed by atoms with Crippen LogP contribution < -0.4 is 4.74 Å². The fourth-order valence-electron chi connectivity index (χ4n) is 2.19. The van der Waals surface area contributed by atoms with Crippen LogP contribution in [-0.4, -0.2) is 5.97 Å². The third-order valence-electron chi connectivity index (χ3n) is 3.12. The summed E-state index contributed by atoms with van der Waals surface area (Å²) in [6.45, 7) is 1.38. The minimum Gasteiger partial charge on any atom is -0.460 e. The van der Waals surface area contributed by atoms with Gasteiger partial charge in [0.1, 0.15) is 12.0 Å².